The molecule has 1 aliphatic heterocycles. The van der Waals surface area contributed by atoms with Gasteiger partial charge in [-0.3, -0.25) is 14.9 Å². The summed E-state index contributed by atoms with van der Waals surface area (Å²) in [7, 11) is 0. The maximum absolute atomic E-state index is 12.5. The number of fused-ring (bicyclic) bond motifs is 1. The molecule has 0 unspecified atom stereocenters. The van der Waals surface area contributed by atoms with Crippen molar-refractivity contribution in [1.82, 2.24) is 9.88 Å². The highest BCUT2D eigenvalue weighted by Crippen LogP contribution is 2.29. The van der Waals surface area contributed by atoms with E-state index in [0.717, 1.165) is 16.1 Å². The lowest BCUT2D eigenvalue weighted by molar-refractivity contribution is -0.134. The van der Waals surface area contributed by atoms with E-state index in [4.69, 9.17) is 4.74 Å². The van der Waals surface area contributed by atoms with Crippen LogP contribution in [-0.4, -0.2) is 34.8 Å². The van der Waals surface area contributed by atoms with Gasteiger partial charge in [-0.25, -0.2) is 4.98 Å². The Morgan fingerprint density at radius 2 is 2.07 bits per heavy atom. The van der Waals surface area contributed by atoms with Crippen LogP contribution in [0.25, 0.3) is 0 Å². The summed E-state index contributed by atoms with van der Waals surface area (Å²) in [5.74, 6) is 0.475. The number of hydrogen-bond acceptors (Lipinski definition) is 6. The van der Waals surface area contributed by atoms with Crippen LogP contribution in [0.3, 0.4) is 0 Å². The minimum Gasteiger partial charge on any atom is -0.484 e. The summed E-state index contributed by atoms with van der Waals surface area (Å²) in [5.41, 5.74) is 2.73. The van der Waals surface area contributed by atoms with E-state index in [0.29, 0.717) is 36.0 Å². The van der Waals surface area contributed by atoms with Crippen LogP contribution < -0.4 is 10.1 Å². The van der Waals surface area contributed by atoms with Crippen molar-refractivity contribution in [2.24, 2.45) is 0 Å². The van der Waals surface area contributed by atoms with E-state index in [1.54, 1.807) is 16.3 Å². The minimum atomic E-state index is -0.160. The summed E-state index contributed by atoms with van der Waals surface area (Å²) >= 11 is 2.90. The quantitative estimate of drug-likeness (QED) is 0.692. The normalized spacial score (nSPS) is 13.1. The van der Waals surface area contributed by atoms with Gasteiger partial charge in [0.1, 0.15) is 5.75 Å². The number of carbonyl (C=O) groups is 2. The van der Waals surface area contributed by atoms with E-state index < -0.39 is 0 Å². The Hall–Kier alpha value is -2.71. The smallest absolute Gasteiger partial charge is 0.260 e. The van der Waals surface area contributed by atoms with E-state index in [9.17, 15) is 9.59 Å². The molecule has 0 atom stereocenters. The van der Waals surface area contributed by atoms with Gasteiger partial charge in [0.25, 0.3) is 11.8 Å². The molecule has 3 heterocycles. The molecule has 0 bridgehead atoms. The lowest BCUT2D eigenvalue weighted by Gasteiger charge is -2.26. The number of rotatable bonds is 5. The number of thiazole rings is 1. The molecule has 8 heteroatoms. The Kier molecular flexibility index (Phi) is 5.40. The highest BCUT2D eigenvalue weighted by Gasteiger charge is 2.25. The first-order valence-corrected chi connectivity index (χ1v) is 10.6. The molecule has 0 saturated carbocycles. The number of hydrogen-bond donors (Lipinski definition) is 1. The lowest BCUT2D eigenvalue weighted by atomic mass is 10.2. The van der Waals surface area contributed by atoms with Crippen LogP contribution in [0.5, 0.6) is 5.75 Å². The number of aryl methyl sites for hydroxylation is 1. The zero-order chi connectivity index (χ0) is 19.5. The summed E-state index contributed by atoms with van der Waals surface area (Å²) < 4.78 is 5.60. The van der Waals surface area contributed by atoms with Crippen LogP contribution in [0.4, 0.5) is 5.13 Å². The van der Waals surface area contributed by atoms with E-state index in [1.165, 1.54) is 22.7 Å². The first kappa shape index (κ1) is 18.6. The Labute approximate surface area is 170 Å². The standard InChI is InChI=1S/C20H19N3O3S2/c1-13-2-4-15(5-3-13)26-11-18(24)23-8-6-16-17(10-23)28-20(21-16)22-19(25)14-7-9-27-12-14/h2-5,7,9,12H,6,8,10-11H2,1H3,(H,21,22,25). The highest BCUT2D eigenvalue weighted by molar-refractivity contribution is 7.16. The first-order chi connectivity index (χ1) is 13.6. The van der Waals surface area contributed by atoms with Gasteiger partial charge in [-0.05, 0) is 30.5 Å². The molecule has 0 fully saturated rings. The molecular formula is C20H19N3O3S2. The van der Waals surface area contributed by atoms with Crippen molar-refractivity contribution in [2.45, 2.75) is 19.9 Å². The molecule has 0 spiro atoms. The second-order valence-corrected chi connectivity index (χ2v) is 8.39. The van der Waals surface area contributed by atoms with Crippen molar-refractivity contribution < 1.29 is 14.3 Å². The van der Waals surface area contributed by atoms with Gasteiger partial charge in [-0.1, -0.05) is 29.0 Å². The molecule has 28 heavy (non-hydrogen) atoms. The van der Waals surface area contributed by atoms with Gasteiger partial charge in [0, 0.05) is 23.2 Å². The number of anilines is 1. The largest absolute Gasteiger partial charge is 0.484 e. The molecule has 1 N–H and O–H groups in total. The highest BCUT2D eigenvalue weighted by atomic mass is 32.1. The number of nitrogens with one attached hydrogen (secondary N) is 1. The van der Waals surface area contributed by atoms with E-state index in [1.807, 2.05) is 36.6 Å². The fraction of sp³-hybridized carbons (Fsp3) is 0.250. The Balaban J connectivity index is 1.35. The van der Waals surface area contributed by atoms with Gasteiger partial charge in [0.15, 0.2) is 11.7 Å². The lowest BCUT2D eigenvalue weighted by Crippen LogP contribution is -2.38. The van der Waals surface area contributed by atoms with Gasteiger partial charge in [0.05, 0.1) is 17.8 Å². The maximum atomic E-state index is 12.5. The number of amides is 2. The van der Waals surface area contributed by atoms with Crippen LogP contribution >= 0.6 is 22.7 Å². The van der Waals surface area contributed by atoms with Crippen LogP contribution in [0.15, 0.2) is 41.1 Å². The Morgan fingerprint density at radius 3 is 2.82 bits per heavy atom. The van der Waals surface area contributed by atoms with Crippen LogP contribution in [0.1, 0.15) is 26.5 Å². The SMILES string of the molecule is Cc1ccc(OCC(=O)N2CCc3nc(NC(=O)c4ccsc4)sc3C2)cc1. The van der Waals surface area contributed by atoms with Crippen LogP contribution in [0, 0.1) is 6.92 Å². The molecule has 144 valence electrons. The molecule has 6 nitrogen and oxygen atoms in total. The van der Waals surface area contributed by atoms with E-state index >= 15 is 0 Å². The molecule has 0 radical (unpaired) electrons. The number of aromatic nitrogens is 1. The predicted octanol–water partition coefficient (Wildman–Crippen LogP) is 3.73. The Bertz CT molecular complexity index is 981. The molecule has 4 rings (SSSR count). The van der Waals surface area contributed by atoms with E-state index in [2.05, 4.69) is 10.3 Å². The molecule has 2 aromatic heterocycles. The third-order valence-electron chi connectivity index (χ3n) is 4.47. The number of nitrogens with zero attached hydrogens (tertiary/aromatic N) is 2. The number of carbonyl (C=O) groups excluding carboxylic acids is 2. The summed E-state index contributed by atoms with van der Waals surface area (Å²) in [4.78, 5) is 32.0. The summed E-state index contributed by atoms with van der Waals surface area (Å²) in [6, 6.07) is 9.42. The third kappa shape index (κ3) is 4.23. The summed E-state index contributed by atoms with van der Waals surface area (Å²) in [6.45, 7) is 3.12. The van der Waals surface area contributed by atoms with Crippen LogP contribution in [0.2, 0.25) is 0 Å². The van der Waals surface area contributed by atoms with Crippen molar-refractivity contribution in [2.75, 3.05) is 18.5 Å². The van der Waals surface area contributed by atoms with Gasteiger partial charge in [-0.15, -0.1) is 0 Å². The molecule has 0 saturated heterocycles. The zero-order valence-corrected chi connectivity index (χ0v) is 16.9. The number of benzene rings is 1. The van der Waals surface area contributed by atoms with Crippen molar-refractivity contribution in [3.05, 3.63) is 62.8 Å². The molecule has 3 aromatic rings. The van der Waals surface area contributed by atoms with Gasteiger partial charge in [-0.2, -0.15) is 11.3 Å². The van der Waals surface area contributed by atoms with Crippen molar-refractivity contribution in [3.8, 4) is 5.75 Å². The topological polar surface area (TPSA) is 71.5 Å². The van der Waals surface area contributed by atoms with Crippen molar-refractivity contribution in [3.63, 3.8) is 0 Å². The number of ether oxygens (including phenoxy) is 1. The van der Waals surface area contributed by atoms with Gasteiger partial charge in [0.2, 0.25) is 0 Å². The second-order valence-electron chi connectivity index (χ2n) is 6.52. The third-order valence-corrected chi connectivity index (χ3v) is 6.15. The molecule has 1 aromatic carbocycles. The second kappa shape index (κ2) is 8.12. The maximum Gasteiger partial charge on any atom is 0.260 e. The van der Waals surface area contributed by atoms with Gasteiger partial charge < -0.3 is 9.64 Å². The average molecular weight is 414 g/mol. The summed E-state index contributed by atoms with van der Waals surface area (Å²) in [6.07, 6.45) is 0.677. The molecule has 0 aliphatic carbocycles. The first-order valence-electron chi connectivity index (χ1n) is 8.88. The van der Waals surface area contributed by atoms with Crippen molar-refractivity contribution >= 4 is 39.6 Å². The minimum absolute atomic E-state index is 0.0128. The van der Waals surface area contributed by atoms with Gasteiger partial charge >= 0.3 is 0 Å². The zero-order valence-electron chi connectivity index (χ0n) is 15.3. The van der Waals surface area contributed by atoms with E-state index in [-0.39, 0.29) is 18.4 Å². The number of thiophene rings is 1. The van der Waals surface area contributed by atoms with Crippen molar-refractivity contribution in [1.29, 1.82) is 0 Å². The summed E-state index contributed by atoms with van der Waals surface area (Å²) in [5, 5.41) is 7.09. The fourth-order valence-corrected chi connectivity index (χ4v) is 4.55. The molecule has 2 amide bonds. The monoisotopic (exact) mass is 413 g/mol. The van der Waals surface area contributed by atoms with Crippen LogP contribution in [-0.2, 0) is 17.8 Å². The molecular weight excluding hydrogens is 394 g/mol. The molecule has 1 aliphatic rings. The fourth-order valence-electron chi connectivity index (χ4n) is 2.90. The Morgan fingerprint density at radius 1 is 1.25 bits per heavy atom. The average Bonchev–Trinajstić information content (AvgIpc) is 3.36. The predicted molar refractivity (Wildman–Crippen MR) is 110 cm³/mol.